The fourth-order valence-corrected chi connectivity index (χ4v) is 6.04. The van der Waals surface area contributed by atoms with Gasteiger partial charge in [0.1, 0.15) is 18.3 Å². The molecular weight excluding hydrogens is 538 g/mol. The van der Waals surface area contributed by atoms with Gasteiger partial charge >= 0.3 is 0 Å². The topological polar surface area (TPSA) is 96.0 Å². The third-order valence-electron chi connectivity index (χ3n) is 6.79. The van der Waals surface area contributed by atoms with Crippen LogP contribution in [0.25, 0.3) is 0 Å². The SMILES string of the molecule is CC[C@@H](C(=O)NC(C)C)N(CCc1ccccc1)C(=O)CN(c1cc(C)ccc1OC)S(=O)(=O)c1ccc(C)cc1. The summed E-state index contributed by atoms with van der Waals surface area (Å²) in [6.45, 7) is 9.03. The van der Waals surface area contributed by atoms with Gasteiger partial charge in [0.25, 0.3) is 10.0 Å². The van der Waals surface area contributed by atoms with Crippen LogP contribution in [0.1, 0.15) is 43.9 Å². The number of methoxy groups -OCH3 is 1. The molecular formula is C32H41N3O5S. The Morgan fingerprint density at radius 3 is 2.15 bits per heavy atom. The van der Waals surface area contributed by atoms with Crippen molar-refractivity contribution in [1.29, 1.82) is 0 Å². The Labute approximate surface area is 244 Å². The van der Waals surface area contributed by atoms with E-state index < -0.39 is 28.5 Å². The van der Waals surface area contributed by atoms with Crippen LogP contribution < -0.4 is 14.4 Å². The van der Waals surface area contributed by atoms with E-state index in [1.165, 1.54) is 24.1 Å². The van der Waals surface area contributed by atoms with Gasteiger partial charge in [-0.05, 0) is 75.9 Å². The Balaban J connectivity index is 2.08. The van der Waals surface area contributed by atoms with Gasteiger partial charge in [-0.3, -0.25) is 13.9 Å². The molecule has 0 fully saturated rings. The zero-order valence-corrected chi connectivity index (χ0v) is 25.6. The molecule has 2 amide bonds. The molecule has 0 saturated carbocycles. The van der Waals surface area contributed by atoms with Gasteiger partial charge in [0, 0.05) is 12.6 Å². The number of carbonyl (C=O) groups excluding carboxylic acids is 2. The number of nitrogens with one attached hydrogen (secondary N) is 1. The first-order chi connectivity index (χ1) is 19.5. The summed E-state index contributed by atoms with van der Waals surface area (Å²) >= 11 is 0. The molecule has 0 radical (unpaired) electrons. The first-order valence-corrected chi connectivity index (χ1v) is 15.3. The van der Waals surface area contributed by atoms with Crippen LogP contribution in [0.5, 0.6) is 5.75 Å². The molecule has 3 aromatic carbocycles. The molecule has 0 aliphatic rings. The highest BCUT2D eigenvalue weighted by Crippen LogP contribution is 2.33. The summed E-state index contributed by atoms with van der Waals surface area (Å²) in [4.78, 5) is 29.0. The number of carbonyl (C=O) groups is 2. The lowest BCUT2D eigenvalue weighted by molar-refractivity contribution is -0.139. The quantitative estimate of drug-likeness (QED) is 0.311. The largest absolute Gasteiger partial charge is 0.495 e. The minimum Gasteiger partial charge on any atom is -0.495 e. The molecule has 41 heavy (non-hydrogen) atoms. The van der Waals surface area contributed by atoms with Crippen molar-refractivity contribution in [1.82, 2.24) is 10.2 Å². The summed E-state index contributed by atoms with van der Waals surface area (Å²) in [5, 5.41) is 2.91. The third-order valence-corrected chi connectivity index (χ3v) is 8.57. The summed E-state index contributed by atoms with van der Waals surface area (Å²) in [5.74, 6) is -0.435. The summed E-state index contributed by atoms with van der Waals surface area (Å²) < 4.78 is 34.8. The van der Waals surface area contributed by atoms with E-state index in [9.17, 15) is 18.0 Å². The van der Waals surface area contributed by atoms with Crippen molar-refractivity contribution in [3.8, 4) is 5.75 Å². The van der Waals surface area contributed by atoms with Gasteiger partial charge in [0.05, 0.1) is 17.7 Å². The zero-order chi connectivity index (χ0) is 30.2. The minimum atomic E-state index is -4.18. The second-order valence-electron chi connectivity index (χ2n) is 10.4. The second-order valence-corrected chi connectivity index (χ2v) is 12.3. The lowest BCUT2D eigenvalue weighted by atomic mass is 10.1. The number of hydrogen-bond acceptors (Lipinski definition) is 5. The fourth-order valence-electron chi connectivity index (χ4n) is 4.62. The first-order valence-electron chi connectivity index (χ1n) is 13.9. The normalized spacial score (nSPS) is 12.1. The van der Waals surface area contributed by atoms with Crippen molar-refractivity contribution in [3.05, 3.63) is 89.5 Å². The lowest BCUT2D eigenvalue weighted by Gasteiger charge is -2.34. The smallest absolute Gasteiger partial charge is 0.264 e. The van der Waals surface area contributed by atoms with Crippen molar-refractivity contribution in [2.45, 2.75) is 64.4 Å². The van der Waals surface area contributed by atoms with Gasteiger partial charge < -0.3 is 15.0 Å². The number of amides is 2. The van der Waals surface area contributed by atoms with E-state index in [-0.39, 0.29) is 29.1 Å². The van der Waals surface area contributed by atoms with E-state index in [1.807, 2.05) is 71.0 Å². The monoisotopic (exact) mass is 579 g/mol. The number of hydrogen-bond donors (Lipinski definition) is 1. The van der Waals surface area contributed by atoms with Crippen LogP contribution in [0, 0.1) is 13.8 Å². The highest BCUT2D eigenvalue weighted by Gasteiger charge is 2.34. The van der Waals surface area contributed by atoms with Crippen LogP contribution in [0.15, 0.2) is 77.7 Å². The van der Waals surface area contributed by atoms with Gasteiger partial charge in [-0.25, -0.2) is 8.42 Å². The molecule has 3 aromatic rings. The van der Waals surface area contributed by atoms with E-state index in [1.54, 1.807) is 24.3 Å². The molecule has 0 aliphatic heterocycles. The highest BCUT2D eigenvalue weighted by molar-refractivity contribution is 7.92. The van der Waals surface area contributed by atoms with Gasteiger partial charge in [-0.15, -0.1) is 0 Å². The van der Waals surface area contributed by atoms with Gasteiger partial charge in [0.15, 0.2) is 0 Å². The molecule has 0 saturated heterocycles. The summed E-state index contributed by atoms with van der Waals surface area (Å²) in [6, 6.07) is 20.5. The molecule has 9 heteroatoms. The zero-order valence-electron chi connectivity index (χ0n) is 24.8. The van der Waals surface area contributed by atoms with Crippen LogP contribution in [0.3, 0.4) is 0 Å². The van der Waals surface area contributed by atoms with Crippen molar-refractivity contribution >= 4 is 27.5 Å². The Morgan fingerprint density at radius 2 is 1.56 bits per heavy atom. The molecule has 8 nitrogen and oxygen atoms in total. The van der Waals surface area contributed by atoms with Gasteiger partial charge in [-0.1, -0.05) is 61.0 Å². The molecule has 3 rings (SSSR count). The predicted octanol–water partition coefficient (Wildman–Crippen LogP) is 4.88. The third kappa shape index (κ3) is 8.10. The Kier molecular flexibility index (Phi) is 10.9. The fraction of sp³-hybridized carbons (Fsp3) is 0.375. The molecule has 0 unspecified atom stereocenters. The molecule has 1 N–H and O–H groups in total. The molecule has 0 aromatic heterocycles. The van der Waals surface area contributed by atoms with E-state index in [4.69, 9.17) is 4.74 Å². The second kappa shape index (κ2) is 14.2. The van der Waals surface area contributed by atoms with E-state index in [0.717, 1.165) is 21.0 Å². The highest BCUT2D eigenvalue weighted by atomic mass is 32.2. The molecule has 0 aliphatic carbocycles. The summed E-state index contributed by atoms with van der Waals surface area (Å²) in [6.07, 6.45) is 0.883. The van der Waals surface area contributed by atoms with E-state index >= 15 is 0 Å². The van der Waals surface area contributed by atoms with Crippen LogP contribution in [0.4, 0.5) is 5.69 Å². The predicted molar refractivity (Wildman–Crippen MR) is 163 cm³/mol. The Hall–Kier alpha value is -3.85. The number of sulfonamides is 1. The maximum atomic E-state index is 14.2. The van der Waals surface area contributed by atoms with Crippen molar-refractivity contribution in [3.63, 3.8) is 0 Å². The number of anilines is 1. The summed E-state index contributed by atoms with van der Waals surface area (Å²) in [7, 11) is -2.72. The maximum absolute atomic E-state index is 14.2. The van der Waals surface area contributed by atoms with Gasteiger partial charge in [0.2, 0.25) is 11.8 Å². The summed E-state index contributed by atoms with van der Waals surface area (Å²) in [5.41, 5.74) is 2.98. The number of ether oxygens (including phenoxy) is 1. The molecule has 0 heterocycles. The molecule has 0 bridgehead atoms. The standard InChI is InChI=1S/C32H41N3O5S/c1-7-28(32(37)33-23(2)3)34(20-19-26-11-9-8-10-12-26)31(36)22-35(29-21-25(5)15-18-30(29)40-6)41(38,39)27-16-13-24(4)14-17-27/h8-18,21,23,28H,7,19-20,22H2,1-6H3,(H,33,37)/t28-/m0/s1. The average Bonchev–Trinajstić information content (AvgIpc) is 2.94. The number of benzene rings is 3. The Morgan fingerprint density at radius 1 is 0.927 bits per heavy atom. The van der Waals surface area contributed by atoms with Crippen LogP contribution >= 0.6 is 0 Å². The van der Waals surface area contributed by atoms with Crippen LogP contribution in [-0.2, 0) is 26.0 Å². The van der Waals surface area contributed by atoms with E-state index in [0.29, 0.717) is 18.6 Å². The van der Waals surface area contributed by atoms with Crippen molar-refractivity contribution in [2.75, 3.05) is 24.5 Å². The van der Waals surface area contributed by atoms with Crippen molar-refractivity contribution in [2.24, 2.45) is 0 Å². The molecule has 1 atom stereocenters. The number of rotatable bonds is 13. The van der Waals surface area contributed by atoms with Crippen molar-refractivity contribution < 1.29 is 22.7 Å². The Bertz CT molecular complexity index is 1420. The minimum absolute atomic E-state index is 0.0555. The van der Waals surface area contributed by atoms with Crippen LogP contribution in [-0.4, -0.2) is 57.4 Å². The van der Waals surface area contributed by atoms with E-state index in [2.05, 4.69) is 5.32 Å². The lowest BCUT2D eigenvalue weighted by Crippen LogP contribution is -2.54. The van der Waals surface area contributed by atoms with Crippen LogP contribution in [0.2, 0.25) is 0 Å². The molecule has 220 valence electrons. The molecule has 0 spiro atoms. The number of aryl methyl sites for hydroxylation is 2. The maximum Gasteiger partial charge on any atom is 0.264 e. The first kappa shape index (κ1) is 31.7. The average molecular weight is 580 g/mol. The number of nitrogens with zero attached hydrogens (tertiary/aromatic N) is 2. The van der Waals surface area contributed by atoms with Gasteiger partial charge in [-0.2, -0.15) is 0 Å².